The zero-order valence-corrected chi connectivity index (χ0v) is 68.1. The van der Waals surface area contributed by atoms with E-state index in [1.165, 1.54) is 257 Å². The molecule has 604 valence electrons. The van der Waals surface area contributed by atoms with E-state index < -0.39 is 97.5 Å². The van der Waals surface area contributed by atoms with Crippen molar-refractivity contribution in [3.8, 4) is 0 Å². The molecule has 0 aromatic rings. The van der Waals surface area contributed by atoms with Gasteiger partial charge in [0, 0.05) is 25.7 Å². The maximum Gasteiger partial charge on any atom is 0.472 e. The van der Waals surface area contributed by atoms with Crippen molar-refractivity contribution in [2.45, 2.75) is 457 Å². The van der Waals surface area contributed by atoms with Crippen LogP contribution in [0.2, 0.25) is 0 Å². The quantitative estimate of drug-likeness (QED) is 0.0169. The van der Waals surface area contributed by atoms with Crippen LogP contribution in [0.1, 0.15) is 439 Å². The summed E-state index contributed by atoms with van der Waals surface area (Å²) in [5.74, 6) is -2.12. The van der Waals surface area contributed by atoms with Crippen molar-refractivity contribution in [2.75, 3.05) is 39.6 Å². The molecular formula is C83H160O17P2. The second kappa shape index (κ2) is 77.0. The second-order valence-corrected chi connectivity index (χ2v) is 32.4. The van der Waals surface area contributed by atoms with Crippen LogP contribution in [0.15, 0.2) is 12.2 Å². The minimum Gasteiger partial charge on any atom is -0.462 e. The number of ether oxygens (including phenoxy) is 4. The number of esters is 4. The van der Waals surface area contributed by atoms with Gasteiger partial charge in [0.25, 0.3) is 0 Å². The van der Waals surface area contributed by atoms with Gasteiger partial charge in [-0.05, 0) is 51.4 Å². The third kappa shape index (κ3) is 76.0. The maximum absolute atomic E-state index is 13.1. The highest BCUT2D eigenvalue weighted by Crippen LogP contribution is 2.45. The predicted octanol–water partition coefficient (Wildman–Crippen LogP) is 25.1. The van der Waals surface area contributed by atoms with Crippen LogP contribution in [0.25, 0.3) is 0 Å². The Morgan fingerprint density at radius 2 is 0.451 bits per heavy atom. The summed E-state index contributed by atoms with van der Waals surface area (Å²) < 4.78 is 68.8. The first-order valence-corrected chi connectivity index (χ1v) is 45.9. The minimum absolute atomic E-state index is 0.0952. The van der Waals surface area contributed by atoms with Gasteiger partial charge < -0.3 is 33.8 Å². The molecule has 0 aliphatic carbocycles. The van der Waals surface area contributed by atoms with Crippen molar-refractivity contribution in [3.05, 3.63) is 12.2 Å². The van der Waals surface area contributed by atoms with Crippen LogP contribution in [0.3, 0.4) is 0 Å². The molecule has 0 amide bonds. The molecule has 0 rings (SSSR count). The number of hydrogen-bond donors (Lipinski definition) is 3. The fourth-order valence-corrected chi connectivity index (χ4v) is 14.3. The average molecular weight is 1490 g/mol. The van der Waals surface area contributed by atoms with Crippen LogP contribution < -0.4 is 0 Å². The van der Waals surface area contributed by atoms with Gasteiger partial charge in [0.15, 0.2) is 12.2 Å². The van der Waals surface area contributed by atoms with Crippen LogP contribution >= 0.6 is 15.6 Å². The summed E-state index contributed by atoms with van der Waals surface area (Å²) in [7, 11) is -9.93. The molecule has 0 spiro atoms. The number of carbonyl (C=O) groups excluding carboxylic acids is 4. The van der Waals surface area contributed by atoms with Gasteiger partial charge in [-0.3, -0.25) is 37.3 Å². The van der Waals surface area contributed by atoms with Gasteiger partial charge in [-0.25, -0.2) is 9.13 Å². The summed E-state index contributed by atoms with van der Waals surface area (Å²) >= 11 is 0. The monoisotopic (exact) mass is 1490 g/mol. The lowest BCUT2D eigenvalue weighted by Gasteiger charge is -2.21. The Labute approximate surface area is 625 Å². The van der Waals surface area contributed by atoms with E-state index in [0.717, 1.165) is 103 Å². The van der Waals surface area contributed by atoms with Gasteiger partial charge in [0.2, 0.25) is 0 Å². The lowest BCUT2D eigenvalue weighted by atomic mass is 10.0. The molecule has 5 atom stereocenters. The molecule has 17 nitrogen and oxygen atoms in total. The van der Waals surface area contributed by atoms with Crippen molar-refractivity contribution < 1.29 is 80.2 Å². The molecule has 0 fully saturated rings. The van der Waals surface area contributed by atoms with Gasteiger partial charge in [0.05, 0.1) is 26.4 Å². The van der Waals surface area contributed by atoms with E-state index in [0.29, 0.717) is 25.7 Å². The van der Waals surface area contributed by atoms with Crippen molar-refractivity contribution in [3.63, 3.8) is 0 Å². The Bertz CT molecular complexity index is 1980. The van der Waals surface area contributed by atoms with Crippen LogP contribution in [0, 0.1) is 0 Å². The fraction of sp³-hybridized carbons (Fsp3) is 0.928. The van der Waals surface area contributed by atoms with Gasteiger partial charge >= 0.3 is 39.5 Å². The Balaban J connectivity index is 5.28. The van der Waals surface area contributed by atoms with Crippen LogP contribution in [0.4, 0.5) is 0 Å². The molecule has 0 bridgehead atoms. The molecule has 0 radical (unpaired) electrons. The maximum atomic E-state index is 13.1. The smallest absolute Gasteiger partial charge is 0.462 e. The third-order valence-electron chi connectivity index (χ3n) is 19.3. The van der Waals surface area contributed by atoms with Crippen molar-refractivity contribution in [1.82, 2.24) is 0 Å². The molecule has 2 unspecified atom stereocenters. The molecule has 19 heteroatoms. The number of hydrogen-bond acceptors (Lipinski definition) is 15. The Kier molecular flexibility index (Phi) is 75.3. The SMILES string of the molecule is CCCCCCCC/C=C\CCCCCCCC(=O)O[C@H](COC(=O)CCCCCCCCCCCCCCC)COP(=O)(O)OC[C@H](O)COP(=O)(O)OC[C@@H](COC(=O)CCCCCCCCCCCCCCCCCCC)OC(=O)CCCCCCCCCCCCCCCCCCC. The molecule has 0 saturated heterocycles. The third-order valence-corrected chi connectivity index (χ3v) is 21.2. The van der Waals surface area contributed by atoms with Crippen molar-refractivity contribution in [2.24, 2.45) is 0 Å². The number of aliphatic hydroxyl groups is 1. The fourth-order valence-electron chi connectivity index (χ4n) is 12.7. The molecule has 0 aliphatic heterocycles. The average Bonchev–Trinajstić information content (AvgIpc) is 1.38. The highest BCUT2D eigenvalue weighted by atomic mass is 31.2. The Hall–Kier alpha value is -2.20. The van der Waals surface area contributed by atoms with E-state index in [9.17, 15) is 43.2 Å². The van der Waals surface area contributed by atoms with E-state index in [2.05, 4.69) is 39.8 Å². The molecule has 0 aromatic carbocycles. The first-order chi connectivity index (χ1) is 49.7. The number of unbranched alkanes of at least 4 members (excludes halogenated alkanes) is 55. The molecule has 0 saturated carbocycles. The first kappa shape index (κ1) is 99.8. The lowest BCUT2D eigenvalue weighted by molar-refractivity contribution is -0.161. The number of aliphatic hydroxyl groups excluding tert-OH is 1. The summed E-state index contributed by atoms with van der Waals surface area (Å²) in [6.45, 7) is 5.02. The van der Waals surface area contributed by atoms with Crippen molar-refractivity contribution in [1.29, 1.82) is 0 Å². The Morgan fingerprint density at radius 3 is 0.676 bits per heavy atom. The number of phosphoric acid groups is 2. The van der Waals surface area contributed by atoms with E-state index in [-0.39, 0.29) is 25.7 Å². The van der Waals surface area contributed by atoms with Gasteiger partial charge in [-0.2, -0.15) is 0 Å². The van der Waals surface area contributed by atoms with E-state index in [4.69, 9.17) is 37.0 Å². The number of rotatable bonds is 83. The molecule has 0 heterocycles. The molecular weight excluding hydrogens is 1330 g/mol. The zero-order chi connectivity index (χ0) is 74.6. The van der Waals surface area contributed by atoms with Crippen molar-refractivity contribution >= 4 is 39.5 Å². The van der Waals surface area contributed by atoms with Gasteiger partial charge in [0.1, 0.15) is 19.3 Å². The molecule has 0 aromatic heterocycles. The van der Waals surface area contributed by atoms with Gasteiger partial charge in [-0.1, -0.05) is 374 Å². The standard InChI is InChI=1S/C83H160O17P2/c1-5-9-13-17-21-25-29-33-36-38-41-44-48-52-56-60-64-68-81(86)94-74-79(100-83(88)70-66-62-58-54-50-46-42-39-37-34-30-26-22-18-14-10-6-2)76-98-102(91,92)96-72-77(84)71-95-101(89,90)97-75-78(73-93-80(85)67-63-59-55-51-47-43-32-28-24-20-16-12-8-4)99-82(87)69-65-61-57-53-49-45-40-35-31-27-23-19-15-11-7-3/h35,40,77-79,84H,5-34,36-39,41-76H2,1-4H3,(H,89,90)(H,91,92)/b40-35-/t77-,78+,79+/m0/s1. The predicted molar refractivity (Wildman–Crippen MR) is 418 cm³/mol. The van der Waals surface area contributed by atoms with E-state index in [1.54, 1.807) is 0 Å². The summed E-state index contributed by atoms with van der Waals surface area (Å²) in [5.41, 5.74) is 0. The molecule has 0 aliphatic rings. The summed E-state index contributed by atoms with van der Waals surface area (Å²) in [6, 6.07) is 0. The number of allylic oxidation sites excluding steroid dienone is 2. The highest BCUT2D eigenvalue weighted by molar-refractivity contribution is 7.47. The van der Waals surface area contributed by atoms with Crippen LogP contribution in [0.5, 0.6) is 0 Å². The number of phosphoric ester groups is 2. The normalized spacial score (nSPS) is 13.8. The van der Waals surface area contributed by atoms with E-state index in [1.807, 2.05) is 0 Å². The summed E-state index contributed by atoms with van der Waals surface area (Å²) in [5, 5.41) is 10.7. The van der Waals surface area contributed by atoms with Crippen LogP contribution in [-0.4, -0.2) is 96.7 Å². The second-order valence-electron chi connectivity index (χ2n) is 29.5. The lowest BCUT2D eigenvalue weighted by Crippen LogP contribution is -2.30. The largest absolute Gasteiger partial charge is 0.472 e. The van der Waals surface area contributed by atoms with Crippen LogP contribution in [-0.2, 0) is 65.4 Å². The summed E-state index contributed by atoms with van der Waals surface area (Å²) in [6.07, 6.45) is 71.7. The molecule has 102 heavy (non-hydrogen) atoms. The highest BCUT2D eigenvalue weighted by Gasteiger charge is 2.30. The topological polar surface area (TPSA) is 237 Å². The molecule has 3 N–H and O–H groups in total. The number of carbonyl (C=O) groups is 4. The minimum atomic E-state index is -4.96. The van der Waals surface area contributed by atoms with E-state index >= 15 is 0 Å². The van der Waals surface area contributed by atoms with Gasteiger partial charge in [-0.15, -0.1) is 0 Å². The zero-order valence-electron chi connectivity index (χ0n) is 66.3. The first-order valence-electron chi connectivity index (χ1n) is 42.9. The Morgan fingerprint density at radius 1 is 0.265 bits per heavy atom. The summed E-state index contributed by atoms with van der Waals surface area (Å²) in [4.78, 5) is 73.1.